The molecule has 0 radical (unpaired) electrons. The summed E-state index contributed by atoms with van der Waals surface area (Å²) in [5.74, 6) is 0.911. The monoisotopic (exact) mass is 344 g/mol. The van der Waals surface area contributed by atoms with E-state index < -0.39 is 0 Å². The van der Waals surface area contributed by atoms with Gasteiger partial charge in [0.1, 0.15) is 0 Å². The highest BCUT2D eigenvalue weighted by Crippen LogP contribution is 2.26. The summed E-state index contributed by atoms with van der Waals surface area (Å²) in [4.78, 5) is 12.4. The third-order valence-corrected chi connectivity index (χ3v) is 5.60. The molecule has 3 rings (SSSR count). The number of nitrogens with one attached hydrogen (secondary N) is 1. The SMILES string of the molecule is C[C@@H](Sc1nnc(-c2ccccc2)n1C)C(=O)NC1CCCCC1. The van der Waals surface area contributed by atoms with E-state index in [-0.39, 0.29) is 11.2 Å². The molecule has 1 aromatic carbocycles. The molecule has 1 saturated carbocycles. The molecule has 0 saturated heterocycles. The molecule has 5 nitrogen and oxygen atoms in total. The first kappa shape index (κ1) is 17.0. The molecule has 1 aliphatic carbocycles. The smallest absolute Gasteiger partial charge is 0.233 e. The van der Waals surface area contributed by atoms with E-state index in [1.807, 2.05) is 48.9 Å². The molecule has 2 aromatic rings. The van der Waals surface area contributed by atoms with Crippen molar-refractivity contribution in [3.63, 3.8) is 0 Å². The molecule has 1 N–H and O–H groups in total. The van der Waals surface area contributed by atoms with Crippen molar-refractivity contribution in [2.75, 3.05) is 0 Å². The first-order chi connectivity index (χ1) is 11.6. The van der Waals surface area contributed by atoms with Gasteiger partial charge in [0.25, 0.3) is 0 Å². The summed E-state index contributed by atoms with van der Waals surface area (Å²) in [5, 5.41) is 12.3. The lowest BCUT2D eigenvalue weighted by molar-refractivity contribution is -0.121. The second-order valence-corrected chi connectivity index (χ2v) is 7.64. The van der Waals surface area contributed by atoms with Gasteiger partial charge < -0.3 is 9.88 Å². The van der Waals surface area contributed by atoms with Gasteiger partial charge in [-0.2, -0.15) is 0 Å². The van der Waals surface area contributed by atoms with E-state index in [1.165, 1.54) is 31.0 Å². The van der Waals surface area contributed by atoms with Crippen molar-refractivity contribution in [3.05, 3.63) is 30.3 Å². The van der Waals surface area contributed by atoms with Crippen LogP contribution in [0.1, 0.15) is 39.0 Å². The molecule has 1 aliphatic rings. The van der Waals surface area contributed by atoms with Gasteiger partial charge in [-0.1, -0.05) is 61.4 Å². The standard InChI is InChI=1S/C18H24N4OS/c1-13(17(23)19-15-11-7-4-8-12-15)24-18-21-20-16(22(18)2)14-9-5-3-6-10-14/h3,5-6,9-10,13,15H,4,7-8,11-12H2,1-2H3,(H,19,23)/t13-/m1/s1. The van der Waals surface area contributed by atoms with Crippen molar-refractivity contribution >= 4 is 17.7 Å². The lowest BCUT2D eigenvalue weighted by Gasteiger charge is -2.24. The summed E-state index contributed by atoms with van der Waals surface area (Å²) >= 11 is 1.46. The fourth-order valence-corrected chi connectivity index (χ4v) is 3.86. The first-order valence-corrected chi connectivity index (χ1v) is 9.45. The Morgan fingerprint density at radius 1 is 1.21 bits per heavy atom. The van der Waals surface area contributed by atoms with Crippen LogP contribution in [-0.4, -0.2) is 32.0 Å². The predicted molar refractivity (Wildman–Crippen MR) is 96.8 cm³/mol. The summed E-state index contributed by atoms with van der Waals surface area (Å²) in [6.07, 6.45) is 5.93. The van der Waals surface area contributed by atoms with Gasteiger partial charge in [0.15, 0.2) is 11.0 Å². The molecule has 0 aliphatic heterocycles. The van der Waals surface area contributed by atoms with Gasteiger partial charge >= 0.3 is 0 Å². The summed E-state index contributed by atoms with van der Waals surface area (Å²) in [6, 6.07) is 10.3. The number of amides is 1. The number of hydrogen-bond donors (Lipinski definition) is 1. The Kier molecular flexibility index (Phi) is 5.56. The highest BCUT2D eigenvalue weighted by Gasteiger charge is 2.22. The second kappa shape index (κ2) is 7.83. The van der Waals surface area contributed by atoms with Crippen molar-refractivity contribution < 1.29 is 4.79 Å². The van der Waals surface area contributed by atoms with Crippen LogP contribution in [0.5, 0.6) is 0 Å². The molecular formula is C18H24N4OS. The molecule has 24 heavy (non-hydrogen) atoms. The molecule has 1 heterocycles. The Hall–Kier alpha value is -1.82. The Balaban J connectivity index is 1.63. The maximum absolute atomic E-state index is 12.4. The van der Waals surface area contributed by atoms with E-state index in [9.17, 15) is 4.79 Å². The van der Waals surface area contributed by atoms with Crippen molar-refractivity contribution in [2.24, 2.45) is 7.05 Å². The van der Waals surface area contributed by atoms with Gasteiger partial charge in [-0.15, -0.1) is 10.2 Å². The van der Waals surface area contributed by atoms with E-state index in [4.69, 9.17) is 0 Å². The third kappa shape index (κ3) is 3.98. The Morgan fingerprint density at radius 2 is 1.92 bits per heavy atom. The van der Waals surface area contributed by atoms with Gasteiger partial charge in [0.05, 0.1) is 5.25 Å². The predicted octanol–water partition coefficient (Wildman–Crippen LogP) is 3.41. The van der Waals surface area contributed by atoms with Gasteiger partial charge in [-0.3, -0.25) is 4.79 Å². The minimum atomic E-state index is -0.182. The number of aromatic nitrogens is 3. The fraction of sp³-hybridized carbons (Fsp3) is 0.500. The van der Waals surface area contributed by atoms with Crippen LogP contribution < -0.4 is 5.32 Å². The number of carbonyl (C=O) groups is 1. The zero-order valence-electron chi connectivity index (χ0n) is 14.2. The average Bonchev–Trinajstić information content (AvgIpc) is 2.97. The van der Waals surface area contributed by atoms with Crippen molar-refractivity contribution in [1.29, 1.82) is 0 Å². The molecule has 6 heteroatoms. The Morgan fingerprint density at radius 3 is 2.62 bits per heavy atom. The lowest BCUT2D eigenvalue weighted by atomic mass is 9.95. The van der Waals surface area contributed by atoms with Crippen LogP contribution in [0.4, 0.5) is 0 Å². The van der Waals surface area contributed by atoms with Crippen LogP contribution in [0.2, 0.25) is 0 Å². The topological polar surface area (TPSA) is 59.8 Å². The van der Waals surface area contributed by atoms with E-state index in [2.05, 4.69) is 15.5 Å². The minimum Gasteiger partial charge on any atom is -0.352 e. The molecule has 1 aromatic heterocycles. The first-order valence-electron chi connectivity index (χ1n) is 8.57. The van der Waals surface area contributed by atoms with Gasteiger partial charge in [0.2, 0.25) is 5.91 Å². The zero-order chi connectivity index (χ0) is 16.9. The molecule has 0 unspecified atom stereocenters. The van der Waals surface area contributed by atoms with Crippen LogP contribution in [0, 0.1) is 0 Å². The maximum atomic E-state index is 12.4. The van der Waals surface area contributed by atoms with Gasteiger partial charge in [-0.05, 0) is 19.8 Å². The fourth-order valence-electron chi connectivity index (χ4n) is 3.03. The molecule has 0 bridgehead atoms. The van der Waals surface area contributed by atoms with Crippen LogP contribution in [0.3, 0.4) is 0 Å². The van der Waals surface area contributed by atoms with Gasteiger partial charge in [0, 0.05) is 18.7 Å². The number of thioether (sulfide) groups is 1. The quantitative estimate of drug-likeness (QED) is 0.845. The molecule has 1 amide bonds. The van der Waals surface area contributed by atoms with Gasteiger partial charge in [-0.25, -0.2) is 0 Å². The zero-order valence-corrected chi connectivity index (χ0v) is 15.1. The molecule has 128 valence electrons. The summed E-state index contributed by atoms with van der Waals surface area (Å²) in [5.41, 5.74) is 1.03. The van der Waals surface area contributed by atoms with Crippen LogP contribution >= 0.6 is 11.8 Å². The van der Waals surface area contributed by atoms with Crippen LogP contribution in [0.15, 0.2) is 35.5 Å². The summed E-state index contributed by atoms with van der Waals surface area (Å²) in [7, 11) is 1.94. The van der Waals surface area contributed by atoms with Crippen molar-refractivity contribution in [2.45, 2.75) is 55.5 Å². The number of carbonyl (C=O) groups excluding carboxylic acids is 1. The average molecular weight is 344 g/mol. The molecule has 1 atom stereocenters. The lowest BCUT2D eigenvalue weighted by Crippen LogP contribution is -2.40. The van der Waals surface area contributed by atoms with E-state index in [0.717, 1.165) is 29.4 Å². The summed E-state index contributed by atoms with van der Waals surface area (Å²) in [6.45, 7) is 1.93. The third-order valence-electron chi connectivity index (χ3n) is 4.47. The number of hydrogen-bond acceptors (Lipinski definition) is 4. The largest absolute Gasteiger partial charge is 0.352 e. The van der Waals surface area contributed by atoms with Crippen molar-refractivity contribution in [1.82, 2.24) is 20.1 Å². The van der Waals surface area contributed by atoms with E-state index in [0.29, 0.717) is 6.04 Å². The highest BCUT2D eigenvalue weighted by atomic mass is 32.2. The number of rotatable bonds is 5. The second-order valence-electron chi connectivity index (χ2n) is 6.33. The van der Waals surface area contributed by atoms with Crippen molar-refractivity contribution in [3.8, 4) is 11.4 Å². The minimum absolute atomic E-state index is 0.0937. The molecule has 1 fully saturated rings. The number of nitrogens with zero attached hydrogens (tertiary/aromatic N) is 3. The maximum Gasteiger partial charge on any atom is 0.233 e. The van der Waals surface area contributed by atoms with E-state index in [1.54, 1.807) is 0 Å². The summed E-state index contributed by atoms with van der Waals surface area (Å²) < 4.78 is 1.95. The van der Waals surface area contributed by atoms with Crippen LogP contribution in [0.25, 0.3) is 11.4 Å². The molecular weight excluding hydrogens is 320 g/mol. The Labute approximate surface area is 147 Å². The number of benzene rings is 1. The van der Waals surface area contributed by atoms with Crippen LogP contribution in [-0.2, 0) is 11.8 Å². The molecule has 0 spiro atoms. The Bertz CT molecular complexity index is 680. The van der Waals surface area contributed by atoms with E-state index >= 15 is 0 Å². The highest BCUT2D eigenvalue weighted by molar-refractivity contribution is 8.00. The normalized spacial score (nSPS) is 16.8.